The summed E-state index contributed by atoms with van der Waals surface area (Å²) in [4.78, 5) is 13.9. The number of carbonyl (C=O) groups is 1. The lowest BCUT2D eigenvalue weighted by molar-refractivity contribution is 0.0797. The maximum absolute atomic E-state index is 12.3. The quantitative estimate of drug-likeness (QED) is 0.852. The number of benzene rings is 1. The van der Waals surface area contributed by atoms with Crippen molar-refractivity contribution in [2.45, 2.75) is 6.42 Å². The predicted octanol–water partition coefficient (Wildman–Crippen LogP) is 0.722. The molecule has 0 aliphatic carbocycles. The van der Waals surface area contributed by atoms with E-state index in [0.29, 0.717) is 30.8 Å². The molecule has 1 aromatic carbocycles. The molecular weight excluding hydrogens is 326 g/mol. The molecule has 1 aromatic rings. The van der Waals surface area contributed by atoms with Crippen LogP contribution in [0.2, 0.25) is 0 Å². The number of hydrogen-bond donors (Lipinski definition) is 1. The van der Waals surface area contributed by atoms with Crippen LogP contribution in [0, 0.1) is 0 Å². The summed E-state index contributed by atoms with van der Waals surface area (Å²) < 4.78 is 24.8. The van der Waals surface area contributed by atoms with Crippen molar-refractivity contribution in [1.82, 2.24) is 10.2 Å². The van der Waals surface area contributed by atoms with Gasteiger partial charge in [-0.25, -0.2) is 8.42 Å². The van der Waals surface area contributed by atoms with E-state index in [1.165, 1.54) is 10.6 Å². The molecule has 0 aromatic heterocycles. The molecular formula is C14H22ClN3O3S. The number of rotatable bonds is 5. The number of fused-ring (bicyclic) bond motifs is 1. The van der Waals surface area contributed by atoms with E-state index >= 15 is 0 Å². The van der Waals surface area contributed by atoms with Crippen molar-refractivity contribution < 1.29 is 13.2 Å². The minimum absolute atomic E-state index is 0. The van der Waals surface area contributed by atoms with E-state index in [0.717, 1.165) is 12.1 Å². The van der Waals surface area contributed by atoms with E-state index in [9.17, 15) is 13.2 Å². The maximum atomic E-state index is 12.3. The molecule has 0 atom stereocenters. The fourth-order valence-corrected chi connectivity index (χ4v) is 3.41. The first-order chi connectivity index (χ1) is 9.84. The highest BCUT2D eigenvalue weighted by atomic mass is 35.5. The molecule has 1 heterocycles. The molecule has 0 saturated heterocycles. The number of nitrogens with one attached hydrogen (secondary N) is 1. The topological polar surface area (TPSA) is 69.7 Å². The van der Waals surface area contributed by atoms with Gasteiger partial charge in [0.1, 0.15) is 0 Å². The van der Waals surface area contributed by atoms with Crippen LogP contribution < -0.4 is 9.62 Å². The van der Waals surface area contributed by atoms with E-state index in [1.807, 2.05) is 7.05 Å². The highest BCUT2D eigenvalue weighted by Crippen LogP contribution is 2.30. The van der Waals surface area contributed by atoms with Crippen LogP contribution in [0.15, 0.2) is 18.2 Å². The van der Waals surface area contributed by atoms with Gasteiger partial charge in [-0.2, -0.15) is 0 Å². The Hall–Kier alpha value is -1.31. The molecule has 0 saturated carbocycles. The molecule has 8 heteroatoms. The maximum Gasteiger partial charge on any atom is 0.253 e. The van der Waals surface area contributed by atoms with Gasteiger partial charge in [0.05, 0.1) is 11.9 Å². The molecule has 2 rings (SSSR count). The summed E-state index contributed by atoms with van der Waals surface area (Å²) in [5.74, 6) is -0.0501. The number of carbonyl (C=O) groups excluding carboxylic acids is 1. The van der Waals surface area contributed by atoms with Crippen LogP contribution in [0.25, 0.3) is 0 Å². The first-order valence-corrected chi connectivity index (χ1v) is 8.70. The Labute approximate surface area is 137 Å². The van der Waals surface area contributed by atoms with Gasteiger partial charge in [-0.05, 0) is 37.2 Å². The van der Waals surface area contributed by atoms with Crippen molar-refractivity contribution in [3.8, 4) is 0 Å². The lowest BCUT2D eigenvalue weighted by atomic mass is 10.1. The molecule has 124 valence electrons. The van der Waals surface area contributed by atoms with Crippen molar-refractivity contribution in [2.24, 2.45) is 0 Å². The Morgan fingerprint density at radius 2 is 2.09 bits per heavy atom. The highest BCUT2D eigenvalue weighted by Gasteiger charge is 2.27. The van der Waals surface area contributed by atoms with Crippen LogP contribution in [-0.2, 0) is 16.4 Å². The van der Waals surface area contributed by atoms with Gasteiger partial charge >= 0.3 is 0 Å². The number of amides is 1. The second kappa shape index (κ2) is 7.30. The first kappa shape index (κ1) is 18.7. The van der Waals surface area contributed by atoms with Crippen molar-refractivity contribution >= 4 is 34.0 Å². The SMILES string of the molecule is CNCCN(C)C(=O)c1ccc2c(c1)CCN2S(C)(=O)=O.Cl. The standard InChI is InChI=1S/C14H21N3O3S.ClH/c1-15-7-9-16(2)14(18)12-4-5-13-11(10-12)6-8-17(13)21(3,19)20;/h4-5,10,15H,6-9H2,1-3H3;1H. The molecule has 0 radical (unpaired) electrons. The van der Waals surface area contributed by atoms with Gasteiger partial charge in [0.25, 0.3) is 5.91 Å². The summed E-state index contributed by atoms with van der Waals surface area (Å²) in [7, 11) is 0.353. The summed E-state index contributed by atoms with van der Waals surface area (Å²) in [6.07, 6.45) is 1.84. The normalized spacial score (nSPS) is 13.5. The van der Waals surface area contributed by atoms with Gasteiger partial charge in [-0.3, -0.25) is 9.10 Å². The second-order valence-corrected chi connectivity index (χ2v) is 7.17. The average molecular weight is 348 g/mol. The molecule has 0 spiro atoms. The van der Waals surface area contributed by atoms with Gasteiger partial charge in [0, 0.05) is 32.2 Å². The second-order valence-electron chi connectivity index (χ2n) is 5.26. The van der Waals surface area contributed by atoms with Crippen molar-refractivity contribution in [2.75, 3.05) is 44.3 Å². The van der Waals surface area contributed by atoms with Gasteiger partial charge < -0.3 is 10.2 Å². The molecule has 1 amide bonds. The lowest BCUT2D eigenvalue weighted by Crippen LogP contribution is -2.32. The monoisotopic (exact) mass is 347 g/mol. The fraction of sp³-hybridized carbons (Fsp3) is 0.500. The number of nitrogens with zero attached hydrogens (tertiary/aromatic N) is 2. The van der Waals surface area contributed by atoms with E-state index in [1.54, 1.807) is 30.1 Å². The Kier molecular flexibility index (Phi) is 6.22. The molecule has 6 nitrogen and oxygen atoms in total. The van der Waals surface area contributed by atoms with Crippen molar-refractivity contribution in [3.63, 3.8) is 0 Å². The first-order valence-electron chi connectivity index (χ1n) is 6.85. The molecule has 1 aliphatic rings. The number of likely N-dealkylation sites (N-methyl/N-ethyl adjacent to an activating group) is 2. The van der Waals surface area contributed by atoms with Gasteiger partial charge in [-0.15, -0.1) is 12.4 Å². The summed E-state index contributed by atoms with van der Waals surface area (Å²) >= 11 is 0. The average Bonchev–Trinajstić information content (AvgIpc) is 2.86. The van der Waals surface area contributed by atoms with E-state index in [2.05, 4.69) is 5.32 Å². The Morgan fingerprint density at radius 3 is 2.68 bits per heavy atom. The Bertz CT molecular complexity index is 649. The van der Waals surface area contributed by atoms with E-state index < -0.39 is 10.0 Å². The number of hydrogen-bond acceptors (Lipinski definition) is 4. The highest BCUT2D eigenvalue weighted by molar-refractivity contribution is 7.92. The summed E-state index contributed by atoms with van der Waals surface area (Å²) in [5, 5.41) is 3.00. The zero-order valence-electron chi connectivity index (χ0n) is 13.0. The van der Waals surface area contributed by atoms with Crippen LogP contribution in [0.5, 0.6) is 0 Å². The minimum atomic E-state index is -3.25. The summed E-state index contributed by atoms with van der Waals surface area (Å²) in [6.45, 7) is 1.80. The zero-order valence-corrected chi connectivity index (χ0v) is 14.6. The molecule has 1 N–H and O–H groups in total. The van der Waals surface area contributed by atoms with Crippen molar-refractivity contribution in [1.29, 1.82) is 0 Å². The van der Waals surface area contributed by atoms with Crippen LogP contribution in [0.1, 0.15) is 15.9 Å². The Morgan fingerprint density at radius 1 is 1.41 bits per heavy atom. The third-order valence-corrected chi connectivity index (χ3v) is 4.80. The van der Waals surface area contributed by atoms with Gasteiger partial charge in [-0.1, -0.05) is 0 Å². The van der Waals surface area contributed by atoms with E-state index in [-0.39, 0.29) is 18.3 Å². The number of halogens is 1. The molecule has 1 aliphatic heterocycles. The third-order valence-electron chi connectivity index (χ3n) is 3.62. The van der Waals surface area contributed by atoms with Gasteiger partial charge in [0.2, 0.25) is 10.0 Å². The summed E-state index contributed by atoms with van der Waals surface area (Å²) in [6, 6.07) is 5.22. The van der Waals surface area contributed by atoms with Crippen LogP contribution in [0.4, 0.5) is 5.69 Å². The number of sulfonamides is 1. The van der Waals surface area contributed by atoms with E-state index in [4.69, 9.17) is 0 Å². The minimum Gasteiger partial charge on any atom is -0.340 e. The van der Waals surface area contributed by atoms with Gasteiger partial charge in [0.15, 0.2) is 0 Å². The van der Waals surface area contributed by atoms with Crippen molar-refractivity contribution in [3.05, 3.63) is 29.3 Å². The molecule has 0 fully saturated rings. The van der Waals surface area contributed by atoms with Crippen LogP contribution in [-0.4, -0.2) is 59.2 Å². The largest absolute Gasteiger partial charge is 0.340 e. The van der Waals surface area contributed by atoms with Crippen LogP contribution in [0.3, 0.4) is 0 Å². The number of anilines is 1. The Balaban J connectivity index is 0.00000242. The summed E-state index contributed by atoms with van der Waals surface area (Å²) in [5.41, 5.74) is 2.20. The zero-order chi connectivity index (χ0) is 15.6. The van der Waals surface area contributed by atoms with Crippen LogP contribution >= 0.6 is 12.4 Å². The molecule has 22 heavy (non-hydrogen) atoms. The molecule has 0 unspecified atom stereocenters. The predicted molar refractivity (Wildman–Crippen MR) is 90.5 cm³/mol. The smallest absolute Gasteiger partial charge is 0.253 e. The molecule has 0 bridgehead atoms. The lowest BCUT2D eigenvalue weighted by Gasteiger charge is -2.19. The third kappa shape index (κ3) is 3.91. The fourth-order valence-electron chi connectivity index (χ4n) is 2.45.